The molecule has 0 fully saturated rings. The Hall–Kier alpha value is -2.92. The van der Waals surface area contributed by atoms with E-state index < -0.39 is 5.97 Å². The minimum absolute atomic E-state index is 0.0889. The number of aromatic hydroxyl groups is 1. The minimum atomic E-state index is -0.461. The summed E-state index contributed by atoms with van der Waals surface area (Å²) in [4.78, 5) is 12.6. The van der Waals surface area contributed by atoms with Crippen molar-refractivity contribution in [3.8, 4) is 23.0 Å². The van der Waals surface area contributed by atoms with Crippen molar-refractivity contribution in [2.45, 2.75) is 13.3 Å². The van der Waals surface area contributed by atoms with Gasteiger partial charge in [-0.15, -0.1) is 0 Å². The van der Waals surface area contributed by atoms with Crippen molar-refractivity contribution in [2.24, 2.45) is 0 Å². The average molecular weight is 387 g/mol. The van der Waals surface area contributed by atoms with E-state index >= 15 is 0 Å². The Balaban J connectivity index is 2.09. The van der Waals surface area contributed by atoms with Gasteiger partial charge in [0.1, 0.15) is 0 Å². The molecule has 0 unspecified atom stereocenters. The van der Waals surface area contributed by atoms with Crippen LogP contribution in [0.3, 0.4) is 0 Å². The maximum absolute atomic E-state index is 12.6. The topological polar surface area (TPSA) is 65.0 Å². The van der Waals surface area contributed by atoms with Gasteiger partial charge >= 0.3 is 5.97 Å². The van der Waals surface area contributed by atoms with Gasteiger partial charge in [-0.1, -0.05) is 35.9 Å². The molecule has 0 radical (unpaired) electrons. The summed E-state index contributed by atoms with van der Waals surface area (Å²) in [6.07, 6.45) is 0.0983. The Bertz CT molecular complexity index is 1010. The van der Waals surface area contributed by atoms with Crippen molar-refractivity contribution < 1.29 is 24.1 Å². The van der Waals surface area contributed by atoms with Crippen LogP contribution in [0.1, 0.15) is 11.1 Å². The highest BCUT2D eigenvalue weighted by Crippen LogP contribution is 2.50. The average Bonchev–Trinajstić information content (AvgIpc) is 2.65. The molecule has 3 aromatic carbocycles. The molecule has 5 nitrogen and oxygen atoms in total. The molecule has 0 saturated carbocycles. The van der Waals surface area contributed by atoms with Crippen molar-refractivity contribution in [1.29, 1.82) is 0 Å². The van der Waals surface area contributed by atoms with Gasteiger partial charge in [0.25, 0.3) is 0 Å². The molecule has 0 aliphatic heterocycles. The minimum Gasteiger partial charge on any atom is -0.504 e. The van der Waals surface area contributed by atoms with Gasteiger partial charge in [0, 0.05) is 15.8 Å². The third-order valence-corrected chi connectivity index (χ3v) is 4.56. The highest BCUT2D eigenvalue weighted by Gasteiger charge is 2.24. The van der Waals surface area contributed by atoms with Crippen LogP contribution in [0.15, 0.2) is 42.5 Å². The van der Waals surface area contributed by atoms with E-state index in [-0.39, 0.29) is 29.4 Å². The molecule has 0 saturated heterocycles. The quantitative estimate of drug-likeness (QED) is 0.509. The Morgan fingerprint density at radius 3 is 2.37 bits per heavy atom. The summed E-state index contributed by atoms with van der Waals surface area (Å²) in [6.45, 7) is 1.93. The summed E-state index contributed by atoms with van der Waals surface area (Å²) in [5.41, 5.74) is 1.87. The van der Waals surface area contributed by atoms with E-state index in [1.165, 1.54) is 14.2 Å². The SMILES string of the molecule is COc1c(OC)c(OC(=O)Cc2ccccc2C)c2cc(Cl)ccc2c1O. The number of aryl methyl sites for hydroxylation is 1. The molecule has 1 N–H and O–H groups in total. The Kier molecular flexibility index (Phi) is 5.42. The number of benzene rings is 3. The molecular weight excluding hydrogens is 368 g/mol. The van der Waals surface area contributed by atoms with E-state index in [4.69, 9.17) is 25.8 Å². The highest BCUT2D eigenvalue weighted by atomic mass is 35.5. The number of carbonyl (C=O) groups is 1. The van der Waals surface area contributed by atoms with Gasteiger partial charge in [-0.25, -0.2) is 0 Å². The van der Waals surface area contributed by atoms with Gasteiger partial charge in [0.2, 0.25) is 11.5 Å². The first kappa shape index (κ1) is 18.9. The summed E-state index contributed by atoms with van der Waals surface area (Å²) >= 11 is 6.11. The molecule has 27 heavy (non-hydrogen) atoms. The van der Waals surface area contributed by atoms with Gasteiger partial charge in [-0.2, -0.15) is 0 Å². The monoisotopic (exact) mass is 386 g/mol. The van der Waals surface area contributed by atoms with Crippen LogP contribution in [-0.4, -0.2) is 25.3 Å². The zero-order valence-corrected chi connectivity index (χ0v) is 16.0. The predicted molar refractivity (Wildman–Crippen MR) is 104 cm³/mol. The van der Waals surface area contributed by atoms with E-state index in [1.54, 1.807) is 18.2 Å². The number of ether oxygens (including phenoxy) is 3. The molecule has 0 bridgehead atoms. The Morgan fingerprint density at radius 2 is 1.70 bits per heavy atom. The Labute approximate surface area is 162 Å². The molecule has 0 spiro atoms. The van der Waals surface area contributed by atoms with Crippen LogP contribution in [0.4, 0.5) is 0 Å². The first-order chi connectivity index (χ1) is 13.0. The number of phenolic OH excluding ortho intramolecular Hbond substituents is 1. The van der Waals surface area contributed by atoms with Gasteiger partial charge in [0.05, 0.1) is 20.6 Å². The van der Waals surface area contributed by atoms with Crippen LogP contribution in [0.25, 0.3) is 10.8 Å². The maximum atomic E-state index is 12.6. The van der Waals surface area contributed by atoms with Crippen molar-refractivity contribution >= 4 is 28.3 Å². The summed E-state index contributed by atoms with van der Waals surface area (Å²) in [6, 6.07) is 12.5. The second-order valence-corrected chi connectivity index (χ2v) is 6.45. The van der Waals surface area contributed by atoms with E-state index in [9.17, 15) is 9.90 Å². The van der Waals surface area contributed by atoms with Crippen LogP contribution in [0.5, 0.6) is 23.0 Å². The van der Waals surface area contributed by atoms with Crippen molar-refractivity contribution in [1.82, 2.24) is 0 Å². The molecular formula is C21H19ClO5. The van der Waals surface area contributed by atoms with Crippen LogP contribution in [0, 0.1) is 6.92 Å². The van der Waals surface area contributed by atoms with E-state index in [2.05, 4.69) is 0 Å². The fourth-order valence-corrected chi connectivity index (χ4v) is 3.13. The third kappa shape index (κ3) is 3.64. The normalized spacial score (nSPS) is 10.7. The number of hydrogen-bond acceptors (Lipinski definition) is 5. The van der Waals surface area contributed by atoms with E-state index in [1.807, 2.05) is 31.2 Å². The fourth-order valence-electron chi connectivity index (χ4n) is 2.96. The molecule has 0 amide bonds. The number of halogens is 1. The van der Waals surface area contributed by atoms with Gasteiger partial charge in [0.15, 0.2) is 11.5 Å². The first-order valence-electron chi connectivity index (χ1n) is 8.27. The van der Waals surface area contributed by atoms with Gasteiger partial charge < -0.3 is 19.3 Å². The number of fused-ring (bicyclic) bond motifs is 1. The lowest BCUT2D eigenvalue weighted by Gasteiger charge is -2.17. The van der Waals surface area contributed by atoms with Crippen LogP contribution in [0.2, 0.25) is 5.02 Å². The predicted octanol–water partition coefficient (Wildman–Crippen LogP) is 4.67. The summed E-state index contributed by atoms with van der Waals surface area (Å²) < 4.78 is 16.3. The van der Waals surface area contributed by atoms with Crippen LogP contribution in [-0.2, 0) is 11.2 Å². The maximum Gasteiger partial charge on any atom is 0.315 e. The molecule has 3 aromatic rings. The number of esters is 1. The summed E-state index contributed by atoms with van der Waals surface area (Å²) in [5.74, 6) is -0.200. The van der Waals surface area contributed by atoms with Gasteiger partial charge in [-0.05, 0) is 36.2 Å². The molecule has 0 aliphatic carbocycles. The number of hydrogen-bond donors (Lipinski definition) is 1. The second-order valence-electron chi connectivity index (χ2n) is 6.01. The molecule has 0 heterocycles. The lowest BCUT2D eigenvalue weighted by molar-refractivity contribution is -0.133. The molecule has 6 heteroatoms. The zero-order chi connectivity index (χ0) is 19.6. The highest BCUT2D eigenvalue weighted by molar-refractivity contribution is 6.31. The number of methoxy groups -OCH3 is 2. The largest absolute Gasteiger partial charge is 0.504 e. The van der Waals surface area contributed by atoms with Crippen molar-refractivity contribution in [3.63, 3.8) is 0 Å². The van der Waals surface area contributed by atoms with Crippen molar-refractivity contribution in [2.75, 3.05) is 14.2 Å². The first-order valence-corrected chi connectivity index (χ1v) is 8.65. The second kappa shape index (κ2) is 7.76. The van der Waals surface area contributed by atoms with Gasteiger partial charge in [-0.3, -0.25) is 4.79 Å². The zero-order valence-electron chi connectivity index (χ0n) is 15.2. The molecule has 0 aromatic heterocycles. The fraction of sp³-hybridized carbons (Fsp3) is 0.190. The lowest BCUT2D eigenvalue weighted by atomic mass is 10.1. The molecule has 3 rings (SSSR count). The molecule has 0 aliphatic rings. The standard InChI is InChI=1S/C21H19ClO5/c1-12-6-4-5-7-13(12)10-17(23)27-19-16-11-14(22)8-9-15(16)18(24)20(25-2)21(19)26-3/h4-9,11,24H,10H2,1-3H3. The molecule has 0 atom stereocenters. The number of rotatable bonds is 5. The van der Waals surface area contributed by atoms with E-state index in [0.29, 0.717) is 15.8 Å². The van der Waals surface area contributed by atoms with Crippen LogP contribution < -0.4 is 14.2 Å². The third-order valence-electron chi connectivity index (χ3n) is 4.33. The molecule has 140 valence electrons. The van der Waals surface area contributed by atoms with E-state index in [0.717, 1.165) is 11.1 Å². The smallest absolute Gasteiger partial charge is 0.315 e. The van der Waals surface area contributed by atoms with Crippen molar-refractivity contribution in [3.05, 3.63) is 58.6 Å². The summed E-state index contributed by atoms with van der Waals surface area (Å²) in [5, 5.41) is 11.8. The Morgan fingerprint density at radius 1 is 1.00 bits per heavy atom. The van der Waals surface area contributed by atoms with Crippen LogP contribution >= 0.6 is 11.6 Å². The number of carbonyl (C=O) groups excluding carboxylic acids is 1. The summed E-state index contributed by atoms with van der Waals surface area (Å²) in [7, 11) is 2.81. The lowest BCUT2D eigenvalue weighted by Crippen LogP contribution is -2.13. The number of phenols is 1.